The Morgan fingerprint density at radius 3 is 2.38 bits per heavy atom. The fraction of sp³-hybridized carbons (Fsp3) is 0.161. The van der Waals surface area contributed by atoms with E-state index in [1.54, 1.807) is 50.4 Å². The number of anilines is 1. The van der Waals surface area contributed by atoms with Gasteiger partial charge in [-0.25, -0.2) is 4.39 Å². The molecule has 0 atom stereocenters. The first-order chi connectivity index (χ1) is 18.7. The molecule has 0 bridgehead atoms. The van der Waals surface area contributed by atoms with E-state index in [0.29, 0.717) is 51.1 Å². The molecule has 8 heteroatoms. The van der Waals surface area contributed by atoms with E-state index in [9.17, 15) is 14.0 Å². The Labute approximate surface area is 224 Å². The molecule has 3 aromatic heterocycles. The van der Waals surface area contributed by atoms with Crippen LogP contribution in [0.15, 0.2) is 77.9 Å². The van der Waals surface area contributed by atoms with Crippen LogP contribution in [0.2, 0.25) is 0 Å². The molecule has 0 aliphatic rings. The summed E-state index contributed by atoms with van der Waals surface area (Å²) < 4.78 is 19.5. The van der Waals surface area contributed by atoms with Gasteiger partial charge in [-0.15, -0.1) is 0 Å². The smallest absolute Gasteiger partial charge is 0.261 e. The van der Waals surface area contributed by atoms with Crippen molar-refractivity contribution in [1.29, 1.82) is 0 Å². The molecule has 39 heavy (non-hydrogen) atoms. The number of nitrogens with zero attached hydrogens (tertiary/aromatic N) is 2. The van der Waals surface area contributed by atoms with Crippen molar-refractivity contribution in [1.82, 2.24) is 15.0 Å². The third kappa shape index (κ3) is 5.27. The molecule has 0 fully saturated rings. The van der Waals surface area contributed by atoms with E-state index < -0.39 is 17.2 Å². The fourth-order valence-electron chi connectivity index (χ4n) is 4.46. The van der Waals surface area contributed by atoms with Crippen LogP contribution in [0.5, 0.6) is 11.5 Å². The number of carbonyl (C=O) groups is 1. The molecule has 0 saturated heterocycles. The molecule has 1 amide bonds. The third-order valence-electron chi connectivity index (χ3n) is 6.51. The van der Waals surface area contributed by atoms with Gasteiger partial charge in [-0.3, -0.25) is 19.6 Å². The standard InChI is InChI=1S/C31H27FN4O3/c1-17(2)21-15-25-29(34-16-21)26(13-14-33-25)39-24-11-9-23(10-12-24)36-31(38)28-19(4)35-18(3)27(30(28)37)20-5-7-22(32)8-6-20/h5-17H,1-4H3,(H,35,37)(H,36,38). The van der Waals surface area contributed by atoms with Gasteiger partial charge in [-0.1, -0.05) is 26.0 Å². The maximum Gasteiger partial charge on any atom is 0.261 e. The summed E-state index contributed by atoms with van der Waals surface area (Å²) >= 11 is 0. The molecule has 2 aromatic carbocycles. The van der Waals surface area contributed by atoms with Crippen molar-refractivity contribution in [2.75, 3.05) is 5.32 Å². The van der Waals surface area contributed by atoms with Crippen molar-refractivity contribution in [3.8, 4) is 22.6 Å². The molecule has 5 rings (SSSR count). The van der Waals surface area contributed by atoms with Gasteiger partial charge in [0.05, 0.1) is 5.52 Å². The quantitative estimate of drug-likeness (QED) is 0.253. The number of aryl methyl sites for hydroxylation is 2. The highest BCUT2D eigenvalue weighted by atomic mass is 19.1. The van der Waals surface area contributed by atoms with E-state index in [1.807, 2.05) is 12.3 Å². The lowest BCUT2D eigenvalue weighted by atomic mass is 9.99. The molecule has 5 aromatic rings. The number of hydrogen-bond donors (Lipinski definition) is 2. The zero-order chi connectivity index (χ0) is 27.7. The zero-order valence-electron chi connectivity index (χ0n) is 22.0. The molecule has 0 aliphatic heterocycles. The molecule has 7 nitrogen and oxygen atoms in total. The number of pyridine rings is 3. The third-order valence-corrected chi connectivity index (χ3v) is 6.51. The van der Waals surface area contributed by atoms with Crippen LogP contribution in [-0.4, -0.2) is 20.9 Å². The topological polar surface area (TPSA) is 97.0 Å². The van der Waals surface area contributed by atoms with Gasteiger partial charge in [0, 0.05) is 41.1 Å². The van der Waals surface area contributed by atoms with E-state index in [2.05, 4.69) is 34.1 Å². The maximum absolute atomic E-state index is 13.4. The normalized spacial score (nSPS) is 11.1. The van der Waals surface area contributed by atoms with Crippen molar-refractivity contribution >= 4 is 22.6 Å². The summed E-state index contributed by atoms with van der Waals surface area (Å²) in [7, 11) is 0. The Hall–Kier alpha value is -4.85. The summed E-state index contributed by atoms with van der Waals surface area (Å²) in [5.74, 6) is 0.514. The molecule has 0 unspecified atom stereocenters. The molecule has 0 aliphatic carbocycles. The minimum Gasteiger partial charge on any atom is -0.455 e. The molecule has 0 radical (unpaired) electrons. The Morgan fingerprint density at radius 2 is 1.69 bits per heavy atom. The number of rotatable bonds is 6. The number of aromatic nitrogens is 3. The monoisotopic (exact) mass is 522 g/mol. The lowest BCUT2D eigenvalue weighted by molar-refractivity contribution is 0.102. The van der Waals surface area contributed by atoms with Crippen LogP contribution in [0.4, 0.5) is 10.1 Å². The minimum atomic E-state index is -0.545. The molecular formula is C31H27FN4O3. The van der Waals surface area contributed by atoms with Crippen molar-refractivity contribution in [3.05, 3.63) is 112 Å². The SMILES string of the molecule is Cc1[nH]c(C)c(-c2ccc(F)cc2)c(=O)c1C(=O)Nc1ccc(Oc2ccnc3cc(C(C)C)cnc23)cc1. The van der Waals surface area contributed by atoms with Gasteiger partial charge in [0.25, 0.3) is 5.91 Å². The number of nitrogens with one attached hydrogen (secondary N) is 2. The van der Waals surface area contributed by atoms with Gasteiger partial charge < -0.3 is 15.0 Å². The van der Waals surface area contributed by atoms with Crippen molar-refractivity contribution < 1.29 is 13.9 Å². The molecular weight excluding hydrogens is 495 g/mol. The van der Waals surface area contributed by atoms with Gasteiger partial charge >= 0.3 is 0 Å². The van der Waals surface area contributed by atoms with Gasteiger partial charge in [-0.05, 0) is 73.4 Å². The van der Waals surface area contributed by atoms with Crippen LogP contribution in [0.3, 0.4) is 0 Å². The molecule has 0 saturated carbocycles. The summed E-state index contributed by atoms with van der Waals surface area (Å²) in [4.78, 5) is 38.6. The summed E-state index contributed by atoms with van der Waals surface area (Å²) in [5, 5.41) is 2.79. The first-order valence-electron chi connectivity index (χ1n) is 12.5. The van der Waals surface area contributed by atoms with Crippen LogP contribution < -0.4 is 15.5 Å². The summed E-state index contributed by atoms with van der Waals surface area (Å²) in [5.41, 5.74) is 4.47. The highest BCUT2D eigenvalue weighted by Crippen LogP contribution is 2.30. The summed E-state index contributed by atoms with van der Waals surface area (Å²) in [6.45, 7) is 7.62. The second-order valence-corrected chi connectivity index (χ2v) is 9.64. The largest absolute Gasteiger partial charge is 0.455 e. The Bertz CT molecular complexity index is 1740. The Balaban J connectivity index is 1.37. The lowest BCUT2D eigenvalue weighted by Gasteiger charge is -2.13. The average molecular weight is 523 g/mol. The number of hydrogen-bond acceptors (Lipinski definition) is 5. The van der Waals surface area contributed by atoms with E-state index >= 15 is 0 Å². The van der Waals surface area contributed by atoms with Gasteiger partial charge in [0.2, 0.25) is 5.43 Å². The van der Waals surface area contributed by atoms with Crippen LogP contribution in [0.1, 0.15) is 47.1 Å². The van der Waals surface area contributed by atoms with Gasteiger partial charge in [-0.2, -0.15) is 0 Å². The van der Waals surface area contributed by atoms with Crippen LogP contribution >= 0.6 is 0 Å². The summed E-state index contributed by atoms with van der Waals surface area (Å²) in [6, 6.07) is 16.2. The summed E-state index contributed by atoms with van der Waals surface area (Å²) in [6.07, 6.45) is 3.51. The Kier molecular flexibility index (Phi) is 6.94. The first kappa shape index (κ1) is 25.8. The predicted octanol–water partition coefficient (Wildman–Crippen LogP) is 6.91. The molecule has 2 N–H and O–H groups in total. The number of ether oxygens (including phenoxy) is 1. The predicted molar refractivity (Wildman–Crippen MR) is 150 cm³/mol. The first-order valence-corrected chi connectivity index (χ1v) is 12.5. The molecule has 3 heterocycles. The zero-order valence-corrected chi connectivity index (χ0v) is 22.0. The minimum absolute atomic E-state index is 0.00431. The fourth-order valence-corrected chi connectivity index (χ4v) is 4.46. The Morgan fingerprint density at radius 1 is 0.974 bits per heavy atom. The van der Waals surface area contributed by atoms with Crippen LogP contribution in [0.25, 0.3) is 22.2 Å². The highest BCUT2D eigenvalue weighted by Gasteiger charge is 2.20. The number of halogens is 1. The second-order valence-electron chi connectivity index (χ2n) is 9.64. The number of fused-ring (bicyclic) bond motifs is 1. The highest BCUT2D eigenvalue weighted by molar-refractivity contribution is 6.05. The van der Waals surface area contributed by atoms with Crippen molar-refractivity contribution in [2.45, 2.75) is 33.6 Å². The maximum atomic E-state index is 13.4. The second kappa shape index (κ2) is 10.5. The van der Waals surface area contributed by atoms with E-state index in [1.165, 1.54) is 24.3 Å². The number of amides is 1. The lowest BCUT2D eigenvalue weighted by Crippen LogP contribution is -2.26. The van der Waals surface area contributed by atoms with Crippen molar-refractivity contribution in [3.63, 3.8) is 0 Å². The van der Waals surface area contributed by atoms with E-state index in [4.69, 9.17) is 4.74 Å². The van der Waals surface area contributed by atoms with Gasteiger partial charge in [0.15, 0.2) is 5.75 Å². The van der Waals surface area contributed by atoms with E-state index in [-0.39, 0.29) is 5.56 Å². The van der Waals surface area contributed by atoms with Crippen LogP contribution in [-0.2, 0) is 0 Å². The molecule has 196 valence electrons. The van der Waals surface area contributed by atoms with Crippen molar-refractivity contribution in [2.24, 2.45) is 0 Å². The van der Waals surface area contributed by atoms with Gasteiger partial charge in [0.1, 0.15) is 22.6 Å². The van der Waals surface area contributed by atoms with Crippen LogP contribution in [0, 0.1) is 19.7 Å². The number of carbonyl (C=O) groups excluding carboxylic acids is 1. The number of aromatic amines is 1. The number of benzene rings is 2. The average Bonchev–Trinajstić information content (AvgIpc) is 2.90. The van der Waals surface area contributed by atoms with E-state index in [0.717, 1.165) is 11.1 Å². The number of H-pyrrole nitrogens is 1. The molecule has 0 spiro atoms.